The van der Waals surface area contributed by atoms with Crippen LogP contribution >= 0.6 is 11.8 Å². The van der Waals surface area contributed by atoms with Crippen LogP contribution < -0.4 is 10.6 Å². The molecule has 0 aromatic heterocycles. The smallest absolute Gasteiger partial charge is 0.314 e. The van der Waals surface area contributed by atoms with Gasteiger partial charge in [0.1, 0.15) is 0 Å². The Morgan fingerprint density at radius 2 is 2.00 bits per heavy atom. The van der Waals surface area contributed by atoms with E-state index in [1.54, 1.807) is 18.0 Å². The Balaban J connectivity index is 2.61. The number of amides is 2. The van der Waals surface area contributed by atoms with Gasteiger partial charge in [-0.15, -0.1) is 11.8 Å². The minimum atomic E-state index is -0.221. The van der Waals surface area contributed by atoms with Gasteiger partial charge in [-0.25, -0.2) is 4.79 Å². The summed E-state index contributed by atoms with van der Waals surface area (Å²) in [5, 5.41) is 5.57. The molecule has 0 fully saturated rings. The number of anilines is 1. The highest BCUT2D eigenvalue weighted by molar-refractivity contribution is 7.98. The molecule has 1 rings (SSSR count). The molecular weight excluding hydrogens is 256 g/mol. The molecule has 0 aliphatic rings. The van der Waals surface area contributed by atoms with E-state index in [0.717, 1.165) is 16.2 Å². The van der Waals surface area contributed by atoms with Crippen molar-refractivity contribution in [2.45, 2.75) is 32.6 Å². The van der Waals surface area contributed by atoms with Crippen molar-refractivity contribution >= 4 is 23.5 Å². The summed E-state index contributed by atoms with van der Waals surface area (Å²) in [7, 11) is 0. The molecule has 0 aliphatic heterocycles. The number of benzene rings is 1. The van der Waals surface area contributed by atoms with E-state index in [2.05, 4.69) is 31.4 Å². The standard InChI is InChI=1S/C15H22N2OS/c1-11(15(2,3)4)10-16-14(18)17-12-7-6-8-13(9-12)19-5/h6-10H,1-5H3,(H2,16,17,18)/b11-10+. The van der Waals surface area contributed by atoms with Crippen LogP contribution in [0.3, 0.4) is 0 Å². The van der Waals surface area contributed by atoms with Gasteiger partial charge in [-0.2, -0.15) is 0 Å². The predicted octanol–water partition coefficient (Wildman–Crippen LogP) is 4.48. The normalized spacial score (nSPS) is 12.2. The number of rotatable bonds is 3. The zero-order valence-corrected chi connectivity index (χ0v) is 13.0. The summed E-state index contributed by atoms with van der Waals surface area (Å²) in [5.41, 5.74) is 1.98. The first-order valence-corrected chi connectivity index (χ1v) is 7.44. The third-order valence-electron chi connectivity index (χ3n) is 2.93. The van der Waals surface area contributed by atoms with Crippen molar-refractivity contribution < 1.29 is 4.79 Å². The van der Waals surface area contributed by atoms with Crippen molar-refractivity contribution in [2.75, 3.05) is 11.6 Å². The Morgan fingerprint density at radius 1 is 1.32 bits per heavy atom. The monoisotopic (exact) mass is 278 g/mol. The molecule has 1 aromatic carbocycles. The number of carbonyl (C=O) groups is 1. The van der Waals surface area contributed by atoms with Crippen LogP contribution in [0.5, 0.6) is 0 Å². The first kappa shape index (κ1) is 15.6. The average molecular weight is 278 g/mol. The van der Waals surface area contributed by atoms with E-state index in [9.17, 15) is 4.79 Å². The van der Waals surface area contributed by atoms with Crippen LogP contribution in [0.2, 0.25) is 0 Å². The van der Waals surface area contributed by atoms with Crippen molar-refractivity contribution in [2.24, 2.45) is 5.41 Å². The molecule has 0 unspecified atom stereocenters. The highest BCUT2D eigenvalue weighted by Gasteiger charge is 2.12. The van der Waals surface area contributed by atoms with E-state index < -0.39 is 0 Å². The van der Waals surface area contributed by atoms with Gasteiger partial charge in [0.05, 0.1) is 0 Å². The molecule has 104 valence electrons. The van der Waals surface area contributed by atoms with Gasteiger partial charge in [0.2, 0.25) is 0 Å². The number of allylic oxidation sites excluding steroid dienone is 1. The lowest BCUT2D eigenvalue weighted by Crippen LogP contribution is -2.25. The largest absolute Gasteiger partial charge is 0.323 e. The van der Waals surface area contributed by atoms with Crippen LogP contribution in [0, 0.1) is 5.41 Å². The van der Waals surface area contributed by atoms with Crippen LogP contribution in [0.4, 0.5) is 10.5 Å². The van der Waals surface area contributed by atoms with E-state index in [1.807, 2.05) is 37.4 Å². The quantitative estimate of drug-likeness (QED) is 0.800. The number of hydrogen-bond donors (Lipinski definition) is 2. The molecule has 2 amide bonds. The summed E-state index contributed by atoms with van der Waals surface area (Å²) in [4.78, 5) is 12.9. The molecule has 0 aliphatic carbocycles. The van der Waals surface area contributed by atoms with Gasteiger partial charge in [-0.05, 0) is 36.8 Å². The molecule has 0 saturated heterocycles. The highest BCUT2D eigenvalue weighted by Crippen LogP contribution is 2.23. The fourth-order valence-corrected chi connectivity index (χ4v) is 1.72. The Hall–Kier alpha value is -1.42. The van der Waals surface area contributed by atoms with Crippen LogP contribution in [0.15, 0.2) is 40.9 Å². The molecule has 0 spiro atoms. The summed E-state index contributed by atoms with van der Waals surface area (Å²) in [6.45, 7) is 8.34. The minimum Gasteiger partial charge on any atom is -0.314 e. The Labute approximate surface area is 119 Å². The second-order valence-corrected chi connectivity index (χ2v) is 6.29. The van der Waals surface area contributed by atoms with Crippen molar-refractivity contribution in [3.8, 4) is 0 Å². The predicted molar refractivity (Wildman–Crippen MR) is 83.6 cm³/mol. The van der Waals surface area contributed by atoms with E-state index in [0.29, 0.717) is 0 Å². The Bertz CT molecular complexity index is 475. The zero-order chi connectivity index (χ0) is 14.5. The van der Waals surface area contributed by atoms with Crippen LogP contribution in [-0.4, -0.2) is 12.3 Å². The maximum atomic E-state index is 11.8. The molecule has 19 heavy (non-hydrogen) atoms. The van der Waals surface area contributed by atoms with Gasteiger partial charge in [-0.1, -0.05) is 32.4 Å². The van der Waals surface area contributed by atoms with Gasteiger partial charge in [0, 0.05) is 16.8 Å². The molecule has 3 nitrogen and oxygen atoms in total. The number of thioether (sulfide) groups is 1. The number of urea groups is 1. The SMILES string of the molecule is CSc1cccc(NC(=O)N/C=C(\C)C(C)(C)C)c1. The lowest BCUT2D eigenvalue weighted by atomic mass is 9.88. The van der Waals surface area contributed by atoms with Crippen LogP contribution in [-0.2, 0) is 0 Å². The van der Waals surface area contributed by atoms with Crippen molar-refractivity contribution in [1.29, 1.82) is 0 Å². The first-order valence-electron chi connectivity index (χ1n) is 6.22. The second kappa shape index (κ2) is 6.66. The number of hydrogen-bond acceptors (Lipinski definition) is 2. The van der Waals surface area contributed by atoms with Crippen LogP contribution in [0.25, 0.3) is 0 Å². The molecule has 0 radical (unpaired) electrons. The van der Waals surface area contributed by atoms with Gasteiger partial charge < -0.3 is 10.6 Å². The van der Waals surface area contributed by atoms with Crippen LogP contribution in [0.1, 0.15) is 27.7 Å². The lowest BCUT2D eigenvalue weighted by molar-refractivity contribution is 0.255. The fourth-order valence-electron chi connectivity index (χ4n) is 1.26. The zero-order valence-electron chi connectivity index (χ0n) is 12.2. The molecule has 0 atom stereocenters. The van der Waals surface area contributed by atoms with E-state index in [-0.39, 0.29) is 11.4 Å². The fraction of sp³-hybridized carbons (Fsp3) is 0.400. The summed E-state index contributed by atoms with van der Waals surface area (Å²) >= 11 is 1.65. The second-order valence-electron chi connectivity index (χ2n) is 5.41. The summed E-state index contributed by atoms with van der Waals surface area (Å²) in [6.07, 6.45) is 3.77. The first-order chi connectivity index (χ1) is 8.82. The lowest BCUT2D eigenvalue weighted by Gasteiger charge is -2.19. The molecule has 0 bridgehead atoms. The summed E-state index contributed by atoms with van der Waals surface area (Å²) in [6, 6.07) is 7.54. The third-order valence-corrected chi connectivity index (χ3v) is 3.66. The van der Waals surface area contributed by atoms with Gasteiger partial charge in [0.15, 0.2) is 0 Å². The average Bonchev–Trinajstić information content (AvgIpc) is 2.35. The van der Waals surface area contributed by atoms with Crippen molar-refractivity contribution in [1.82, 2.24) is 5.32 Å². The summed E-state index contributed by atoms with van der Waals surface area (Å²) in [5.74, 6) is 0. The topological polar surface area (TPSA) is 41.1 Å². The molecule has 4 heteroatoms. The van der Waals surface area contributed by atoms with Gasteiger partial charge in [0.25, 0.3) is 0 Å². The van der Waals surface area contributed by atoms with Crippen molar-refractivity contribution in [3.05, 3.63) is 36.0 Å². The minimum absolute atomic E-state index is 0.0616. The van der Waals surface area contributed by atoms with Crippen molar-refractivity contribution in [3.63, 3.8) is 0 Å². The Morgan fingerprint density at radius 3 is 2.58 bits per heavy atom. The van der Waals surface area contributed by atoms with E-state index in [1.165, 1.54) is 0 Å². The Kier molecular flexibility index (Phi) is 5.48. The van der Waals surface area contributed by atoms with Gasteiger partial charge in [-0.3, -0.25) is 0 Å². The third kappa shape index (κ3) is 5.39. The molecule has 0 heterocycles. The summed E-state index contributed by atoms with van der Waals surface area (Å²) < 4.78 is 0. The molecule has 0 saturated carbocycles. The molecule has 1 aromatic rings. The van der Waals surface area contributed by atoms with E-state index in [4.69, 9.17) is 0 Å². The number of carbonyl (C=O) groups excluding carboxylic acids is 1. The number of nitrogens with one attached hydrogen (secondary N) is 2. The molecule has 2 N–H and O–H groups in total. The molecular formula is C15H22N2OS. The highest BCUT2D eigenvalue weighted by atomic mass is 32.2. The van der Waals surface area contributed by atoms with Gasteiger partial charge >= 0.3 is 6.03 Å². The maximum absolute atomic E-state index is 11.8. The van der Waals surface area contributed by atoms with E-state index >= 15 is 0 Å². The maximum Gasteiger partial charge on any atom is 0.323 e.